The summed E-state index contributed by atoms with van der Waals surface area (Å²) in [6.45, 7) is 4.73. The van der Waals surface area contributed by atoms with E-state index in [0.717, 1.165) is 27.9 Å². The van der Waals surface area contributed by atoms with Gasteiger partial charge >= 0.3 is 0 Å². The number of benzene rings is 2. The number of nitrogens with zero attached hydrogens (tertiary/aromatic N) is 4. The number of ether oxygens (including phenoxy) is 1. The average molecular weight is 364 g/mol. The first kappa shape index (κ1) is 16.8. The maximum atomic E-state index is 5.80. The zero-order valence-corrected chi connectivity index (χ0v) is 15.6. The van der Waals surface area contributed by atoms with Crippen molar-refractivity contribution in [3.63, 3.8) is 0 Å². The van der Waals surface area contributed by atoms with Crippen molar-refractivity contribution in [2.75, 3.05) is 5.75 Å². The quantitative estimate of drug-likeness (QED) is 0.676. The fraction of sp³-hybridized carbons (Fsp3) is 0.250. The minimum absolute atomic E-state index is 0.334. The van der Waals surface area contributed by atoms with Gasteiger partial charge in [-0.25, -0.2) is 0 Å². The molecule has 0 fully saturated rings. The number of aromatic nitrogens is 3. The largest absolute Gasteiger partial charge is 0.486 e. The molecule has 4 rings (SSSR count). The van der Waals surface area contributed by atoms with E-state index in [2.05, 4.69) is 48.3 Å². The Bertz CT molecular complexity index is 917. The second kappa shape index (κ2) is 7.33. The molecule has 1 aromatic heterocycles. The molecule has 1 aliphatic rings. The zero-order chi connectivity index (χ0) is 17.9. The topological polar surface area (TPSA) is 52.3 Å². The third-order valence-corrected chi connectivity index (χ3v) is 5.19. The Morgan fingerprint density at radius 1 is 1.04 bits per heavy atom. The molecule has 0 atom stereocenters. The average Bonchev–Trinajstić information content (AvgIpc) is 3.09. The van der Waals surface area contributed by atoms with Crippen LogP contribution in [0.3, 0.4) is 0 Å². The predicted molar refractivity (Wildman–Crippen MR) is 104 cm³/mol. The molecule has 0 amide bonds. The Balaban J connectivity index is 1.56. The number of fused-ring (bicyclic) bond motifs is 1. The van der Waals surface area contributed by atoms with Gasteiger partial charge in [0.05, 0.1) is 5.71 Å². The number of para-hydroxylation sites is 1. The van der Waals surface area contributed by atoms with Crippen LogP contribution in [0.2, 0.25) is 0 Å². The molecule has 5 nitrogen and oxygen atoms in total. The Morgan fingerprint density at radius 3 is 2.54 bits per heavy atom. The lowest BCUT2D eigenvalue weighted by Gasteiger charge is -2.15. The van der Waals surface area contributed by atoms with Crippen LogP contribution in [0.25, 0.3) is 0 Å². The standard InChI is InChI=1S/C20H20N4OS/c1-14(2)15-8-10-16(11-9-15)18-13-26-20-22-21-19(24(20)23-18)12-25-17-6-4-3-5-7-17/h3-11,14H,12-13H2,1-2H3. The summed E-state index contributed by atoms with van der Waals surface area (Å²) in [6, 6.07) is 18.3. The lowest BCUT2D eigenvalue weighted by molar-refractivity contribution is 0.290. The normalized spacial score (nSPS) is 13.4. The minimum Gasteiger partial charge on any atom is -0.486 e. The van der Waals surface area contributed by atoms with Gasteiger partial charge in [0.2, 0.25) is 5.16 Å². The van der Waals surface area contributed by atoms with Gasteiger partial charge in [-0.2, -0.15) is 9.78 Å². The van der Waals surface area contributed by atoms with Gasteiger partial charge in [-0.15, -0.1) is 10.2 Å². The van der Waals surface area contributed by atoms with Crippen LogP contribution >= 0.6 is 11.8 Å². The van der Waals surface area contributed by atoms with Crippen LogP contribution in [0, 0.1) is 0 Å². The first-order valence-electron chi connectivity index (χ1n) is 8.64. The van der Waals surface area contributed by atoms with E-state index in [9.17, 15) is 0 Å². The summed E-state index contributed by atoms with van der Waals surface area (Å²) in [4.78, 5) is 0. The Hall–Kier alpha value is -2.60. The predicted octanol–water partition coefficient (Wildman–Crippen LogP) is 4.34. The second-order valence-corrected chi connectivity index (χ2v) is 7.37. The molecule has 0 radical (unpaired) electrons. The molecule has 0 unspecified atom stereocenters. The molecular formula is C20H20N4OS. The monoisotopic (exact) mass is 364 g/mol. The van der Waals surface area contributed by atoms with Crippen molar-refractivity contribution in [2.24, 2.45) is 5.10 Å². The van der Waals surface area contributed by atoms with Gasteiger partial charge in [0.1, 0.15) is 12.4 Å². The molecule has 3 aromatic rings. The van der Waals surface area contributed by atoms with E-state index in [0.29, 0.717) is 18.3 Å². The van der Waals surface area contributed by atoms with Crippen LogP contribution in [0.1, 0.15) is 36.7 Å². The minimum atomic E-state index is 0.334. The summed E-state index contributed by atoms with van der Waals surface area (Å²) >= 11 is 1.65. The molecule has 2 heterocycles. The van der Waals surface area contributed by atoms with Crippen LogP contribution in [0.4, 0.5) is 0 Å². The molecule has 0 aliphatic carbocycles. The van der Waals surface area contributed by atoms with Crippen molar-refractivity contribution in [3.05, 3.63) is 71.5 Å². The van der Waals surface area contributed by atoms with Crippen molar-refractivity contribution >= 4 is 17.5 Å². The molecule has 0 bridgehead atoms. The first-order valence-corrected chi connectivity index (χ1v) is 9.62. The van der Waals surface area contributed by atoms with Crippen LogP contribution < -0.4 is 4.74 Å². The smallest absolute Gasteiger partial charge is 0.212 e. The highest BCUT2D eigenvalue weighted by molar-refractivity contribution is 7.99. The summed E-state index contributed by atoms with van der Waals surface area (Å²) in [6.07, 6.45) is 0. The fourth-order valence-corrected chi connectivity index (χ4v) is 3.58. The number of hydrogen-bond acceptors (Lipinski definition) is 5. The van der Waals surface area contributed by atoms with Crippen molar-refractivity contribution in [1.29, 1.82) is 0 Å². The van der Waals surface area contributed by atoms with Gasteiger partial charge in [-0.1, -0.05) is 68.1 Å². The molecule has 26 heavy (non-hydrogen) atoms. The summed E-state index contributed by atoms with van der Waals surface area (Å²) in [5.41, 5.74) is 3.49. The second-order valence-electron chi connectivity index (χ2n) is 6.42. The molecule has 6 heteroatoms. The van der Waals surface area contributed by atoms with E-state index in [1.54, 1.807) is 16.4 Å². The Labute approximate surface area is 157 Å². The van der Waals surface area contributed by atoms with Crippen LogP contribution in [0.15, 0.2) is 64.9 Å². The van der Waals surface area contributed by atoms with E-state index < -0.39 is 0 Å². The summed E-state index contributed by atoms with van der Waals surface area (Å²) < 4.78 is 7.59. The molecule has 0 spiro atoms. The highest BCUT2D eigenvalue weighted by atomic mass is 32.2. The van der Waals surface area contributed by atoms with E-state index in [1.165, 1.54) is 5.56 Å². The van der Waals surface area contributed by atoms with Crippen molar-refractivity contribution in [2.45, 2.75) is 31.5 Å². The van der Waals surface area contributed by atoms with Gasteiger partial charge in [0.25, 0.3) is 0 Å². The van der Waals surface area contributed by atoms with Crippen molar-refractivity contribution < 1.29 is 4.74 Å². The maximum Gasteiger partial charge on any atom is 0.212 e. The molecule has 0 saturated carbocycles. The van der Waals surface area contributed by atoms with Gasteiger partial charge < -0.3 is 4.74 Å². The Kier molecular flexibility index (Phi) is 4.75. The van der Waals surface area contributed by atoms with E-state index >= 15 is 0 Å². The summed E-state index contributed by atoms with van der Waals surface area (Å²) in [5, 5.41) is 14.0. The number of rotatable bonds is 5. The highest BCUT2D eigenvalue weighted by Crippen LogP contribution is 2.25. The summed E-state index contributed by atoms with van der Waals surface area (Å²) in [7, 11) is 0. The van der Waals surface area contributed by atoms with E-state index in [1.807, 2.05) is 30.3 Å². The zero-order valence-electron chi connectivity index (χ0n) is 14.8. The Morgan fingerprint density at radius 2 is 1.81 bits per heavy atom. The molecule has 1 aliphatic heterocycles. The first-order chi connectivity index (χ1) is 12.7. The van der Waals surface area contributed by atoms with Gasteiger partial charge in [0, 0.05) is 5.75 Å². The van der Waals surface area contributed by atoms with Gasteiger partial charge in [-0.05, 0) is 29.2 Å². The van der Waals surface area contributed by atoms with Crippen LogP contribution in [0.5, 0.6) is 5.75 Å². The van der Waals surface area contributed by atoms with Gasteiger partial charge in [0.15, 0.2) is 5.82 Å². The SMILES string of the molecule is CC(C)c1ccc(C2=Nn3c(COc4ccccc4)nnc3SC2)cc1. The third-order valence-electron chi connectivity index (χ3n) is 4.26. The van der Waals surface area contributed by atoms with Crippen LogP contribution in [-0.4, -0.2) is 26.3 Å². The van der Waals surface area contributed by atoms with Crippen molar-refractivity contribution in [1.82, 2.24) is 14.9 Å². The fourth-order valence-electron chi connectivity index (χ4n) is 2.72. The maximum absolute atomic E-state index is 5.80. The highest BCUT2D eigenvalue weighted by Gasteiger charge is 2.20. The van der Waals surface area contributed by atoms with Gasteiger partial charge in [-0.3, -0.25) is 0 Å². The van der Waals surface area contributed by atoms with E-state index in [4.69, 9.17) is 9.84 Å². The third kappa shape index (κ3) is 3.51. The molecule has 0 N–H and O–H groups in total. The van der Waals surface area contributed by atoms with E-state index in [-0.39, 0.29) is 0 Å². The molecule has 2 aromatic carbocycles. The molecular weight excluding hydrogens is 344 g/mol. The molecule has 0 saturated heterocycles. The lowest BCUT2D eigenvalue weighted by atomic mass is 10.0. The lowest BCUT2D eigenvalue weighted by Crippen LogP contribution is -2.15. The number of thioether (sulfide) groups is 1. The molecule has 132 valence electrons. The van der Waals surface area contributed by atoms with Crippen LogP contribution in [-0.2, 0) is 6.61 Å². The number of hydrogen-bond donors (Lipinski definition) is 0. The summed E-state index contributed by atoms with van der Waals surface area (Å²) in [5.74, 6) is 2.82. The van der Waals surface area contributed by atoms with Crippen molar-refractivity contribution in [3.8, 4) is 5.75 Å².